The summed E-state index contributed by atoms with van der Waals surface area (Å²) >= 11 is 0. The quantitative estimate of drug-likeness (QED) is 0.834. The largest absolute Gasteiger partial charge is 0.361 e. The summed E-state index contributed by atoms with van der Waals surface area (Å²) in [4.78, 5) is 14.4. The Balaban J connectivity index is 2.69. The molecule has 1 rings (SSSR count). The van der Waals surface area contributed by atoms with Crippen molar-refractivity contribution in [2.75, 3.05) is 13.6 Å². The van der Waals surface area contributed by atoms with Gasteiger partial charge in [-0.15, -0.1) is 0 Å². The van der Waals surface area contributed by atoms with E-state index in [1.807, 2.05) is 13.8 Å². The number of nitrogens with one attached hydrogen (secondary N) is 1. The second kappa shape index (κ2) is 6.88. The predicted molar refractivity (Wildman–Crippen MR) is 79.8 cm³/mol. The van der Waals surface area contributed by atoms with Crippen LogP contribution in [0.2, 0.25) is 0 Å². The first-order valence-electron chi connectivity index (χ1n) is 7.30. The molecule has 0 saturated heterocycles. The number of nitrogens with zero attached hydrogens (tertiary/aromatic N) is 2. The summed E-state index contributed by atoms with van der Waals surface area (Å²) in [7, 11) is 2.08. The third-order valence-electron chi connectivity index (χ3n) is 4.09. The van der Waals surface area contributed by atoms with Gasteiger partial charge >= 0.3 is 0 Å². The van der Waals surface area contributed by atoms with Crippen LogP contribution < -0.4 is 5.32 Å². The van der Waals surface area contributed by atoms with Gasteiger partial charge in [0.1, 0.15) is 5.76 Å². The zero-order chi connectivity index (χ0) is 15.3. The Morgan fingerprint density at radius 3 is 2.65 bits per heavy atom. The maximum Gasteiger partial charge on any atom is 0.273 e. The van der Waals surface area contributed by atoms with Crippen molar-refractivity contribution in [3.8, 4) is 0 Å². The molecule has 5 heteroatoms. The minimum Gasteiger partial charge on any atom is -0.361 e. The van der Waals surface area contributed by atoms with Crippen LogP contribution in [-0.4, -0.2) is 41.1 Å². The Labute approximate surface area is 121 Å². The van der Waals surface area contributed by atoms with E-state index >= 15 is 0 Å². The van der Waals surface area contributed by atoms with Crippen LogP contribution in [-0.2, 0) is 6.42 Å². The molecule has 1 aromatic heterocycles. The highest BCUT2D eigenvalue weighted by Gasteiger charge is 2.31. The number of hydrogen-bond donors (Lipinski definition) is 1. The molecule has 0 fully saturated rings. The average molecular weight is 281 g/mol. The number of carbonyl (C=O) groups is 1. The molecule has 20 heavy (non-hydrogen) atoms. The average Bonchev–Trinajstić information content (AvgIpc) is 2.87. The fourth-order valence-corrected chi connectivity index (χ4v) is 1.99. The topological polar surface area (TPSA) is 58.4 Å². The van der Waals surface area contributed by atoms with E-state index < -0.39 is 0 Å². The van der Waals surface area contributed by atoms with Gasteiger partial charge in [0.25, 0.3) is 5.91 Å². The van der Waals surface area contributed by atoms with Crippen molar-refractivity contribution in [2.24, 2.45) is 0 Å². The van der Waals surface area contributed by atoms with Crippen molar-refractivity contribution in [2.45, 2.75) is 59.0 Å². The number of aryl methyl sites for hydroxylation is 1. The second-order valence-corrected chi connectivity index (χ2v) is 5.80. The van der Waals surface area contributed by atoms with Crippen molar-refractivity contribution >= 4 is 5.91 Å². The van der Waals surface area contributed by atoms with Crippen LogP contribution in [0.1, 0.15) is 57.3 Å². The molecular formula is C15H27N3O2. The Kier molecular flexibility index (Phi) is 5.74. The highest BCUT2D eigenvalue weighted by Crippen LogP contribution is 2.18. The summed E-state index contributed by atoms with van der Waals surface area (Å²) in [6, 6.07) is 1.71. The van der Waals surface area contributed by atoms with Crippen molar-refractivity contribution < 1.29 is 9.32 Å². The maximum atomic E-state index is 12.2. The van der Waals surface area contributed by atoms with Crippen LogP contribution in [0.3, 0.4) is 0 Å². The fourth-order valence-electron chi connectivity index (χ4n) is 1.99. The van der Waals surface area contributed by atoms with E-state index in [0.29, 0.717) is 5.69 Å². The predicted octanol–water partition coefficient (Wildman–Crippen LogP) is 2.48. The third kappa shape index (κ3) is 3.82. The van der Waals surface area contributed by atoms with E-state index in [2.05, 4.69) is 43.2 Å². The van der Waals surface area contributed by atoms with Gasteiger partial charge in [-0.1, -0.05) is 19.0 Å². The highest BCUT2D eigenvalue weighted by atomic mass is 16.5. The molecule has 5 nitrogen and oxygen atoms in total. The van der Waals surface area contributed by atoms with Gasteiger partial charge in [-0.05, 0) is 40.8 Å². The second-order valence-electron chi connectivity index (χ2n) is 5.80. The molecule has 0 saturated carbocycles. The normalized spacial score (nSPS) is 13.6. The lowest BCUT2D eigenvalue weighted by Gasteiger charge is -2.40. The molecule has 0 aliphatic heterocycles. The smallest absolute Gasteiger partial charge is 0.273 e. The van der Waals surface area contributed by atoms with Gasteiger partial charge in [0.2, 0.25) is 0 Å². The number of likely N-dealkylation sites (N-methyl/N-ethyl adjacent to an activating group) is 1. The van der Waals surface area contributed by atoms with E-state index in [1.54, 1.807) is 6.07 Å². The van der Waals surface area contributed by atoms with Crippen molar-refractivity contribution in [1.82, 2.24) is 15.4 Å². The number of carbonyl (C=O) groups excluding carboxylic acids is 1. The summed E-state index contributed by atoms with van der Waals surface area (Å²) < 4.78 is 5.07. The lowest BCUT2D eigenvalue weighted by atomic mass is 9.93. The zero-order valence-electron chi connectivity index (χ0n) is 13.5. The van der Waals surface area contributed by atoms with Gasteiger partial charge in [0.15, 0.2) is 5.69 Å². The Morgan fingerprint density at radius 1 is 1.50 bits per heavy atom. The van der Waals surface area contributed by atoms with Gasteiger partial charge in [-0.25, -0.2) is 0 Å². The van der Waals surface area contributed by atoms with Crippen LogP contribution in [0.5, 0.6) is 0 Å². The van der Waals surface area contributed by atoms with Crippen LogP contribution >= 0.6 is 0 Å². The summed E-state index contributed by atoms with van der Waals surface area (Å²) in [5, 5.41) is 6.81. The molecule has 1 unspecified atom stereocenters. The summed E-state index contributed by atoms with van der Waals surface area (Å²) in [5.74, 6) is 0.545. The highest BCUT2D eigenvalue weighted by molar-refractivity contribution is 5.92. The van der Waals surface area contributed by atoms with Crippen molar-refractivity contribution in [3.63, 3.8) is 0 Å². The molecule has 1 heterocycles. The minimum atomic E-state index is -0.182. The first-order valence-corrected chi connectivity index (χ1v) is 7.30. The molecule has 0 aromatic carbocycles. The minimum absolute atomic E-state index is 0.00771. The van der Waals surface area contributed by atoms with E-state index in [1.165, 1.54) is 0 Å². The standard InChI is InChI=1S/C15H27N3O2/c1-7-9-18(6)15(4,5)11(3)16-14(19)13-10-12(8-2)20-17-13/h10-11H,7-9H2,1-6H3,(H,16,19). The Hall–Kier alpha value is -1.36. The van der Waals surface area contributed by atoms with Gasteiger partial charge < -0.3 is 9.84 Å². The molecule has 0 radical (unpaired) electrons. The maximum absolute atomic E-state index is 12.2. The molecule has 1 N–H and O–H groups in total. The van der Waals surface area contributed by atoms with Crippen molar-refractivity contribution in [1.29, 1.82) is 0 Å². The lowest BCUT2D eigenvalue weighted by molar-refractivity contribution is 0.0806. The SMILES string of the molecule is CCCN(C)C(C)(C)C(C)NC(=O)c1cc(CC)on1. The number of rotatable bonds is 7. The summed E-state index contributed by atoms with van der Waals surface area (Å²) in [6.45, 7) is 11.4. The van der Waals surface area contributed by atoms with Gasteiger partial charge in [0, 0.05) is 24.1 Å². The number of aromatic nitrogens is 1. The first-order chi connectivity index (χ1) is 9.32. The van der Waals surface area contributed by atoms with E-state index in [-0.39, 0.29) is 17.5 Å². The molecule has 0 bridgehead atoms. The molecule has 1 amide bonds. The molecule has 1 aromatic rings. The molecule has 0 spiro atoms. The molecule has 1 atom stereocenters. The van der Waals surface area contributed by atoms with E-state index in [9.17, 15) is 4.79 Å². The van der Waals surface area contributed by atoms with Crippen LogP contribution in [0.25, 0.3) is 0 Å². The molecule has 114 valence electrons. The molecular weight excluding hydrogens is 254 g/mol. The Bertz CT molecular complexity index is 440. The number of hydrogen-bond acceptors (Lipinski definition) is 4. The molecule has 0 aliphatic carbocycles. The summed E-state index contributed by atoms with van der Waals surface area (Å²) in [6.07, 6.45) is 1.82. The van der Waals surface area contributed by atoms with Crippen LogP contribution in [0.4, 0.5) is 0 Å². The van der Waals surface area contributed by atoms with Crippen LogP contribution in [0.15, 0.2) is 10.6 Å². The van der Waals surface area contributed by atoms with Gasteiger partial charge in [0.05, 0.1) is 0 Å². The van der Waals surface area contributed by atoms with Crippen molar-refractivity contribution in [3.05, 3.63) is 17.5 Å². The van der Waals surface area contributed by atoms with E-state index in [0.717, 1.165) is 25.1 Å². The molecule has 0 aliphatic rings. The lowest BCUT2D eigenvalue weighted by Crippen LogP contribution is -2.56. The third-order valence-corrected chi connectivity index (χ3v) is 4.09. The zero-order valence-corrected chi connectivity index (χ0v) is 13.5. The fraction of sp³-hybridized carbons (Fsp3) is 0.733. The van der Waals surface area contributed by atoms with E-state index in [4.69, 9.17) is 4.52 Å². The first kappa shape index (κ1) is 16.7. The summed E-state index contributed by atoms with van der Waals surface area (Å²) in [5.41, 5.74) is 0.228. The van der Waals surface area contributed by atoms with Gasteiger partial charge in [-0.3, -0.25) is 9.69 Å². The monoisotopic (exact) mass is 281 g/mol. The Morgan fingerprint density at radius 2 is 2.15 bits per heavy atom. The van der Waals surface area contributed by atoms with Gasteiger partial charge in [-0.2, -0.15) is 0 Å². The number of amides is 1. The van der Waals surface area contributed by atoms with Crippen LogP contribution in [0, 0.1) is 0 Å².